The highest BCUT2D eigenvalue weighted by molar-refractivity contribution is 5.92. The average Bonchev–Trinajstić information content (AvgIpc) is 2.48. The van der Waals surface area contributed by atoms with Gasteiger partial charge in [0, 0.05) is 16.7 Å². The highest BCUT2D eigenvalue weighted by Crippen LogP contribution is 2.26. The van der Waals surface area contributed by atoms with E-state index in [-0.39, 0.29) is 5.75 Å². The SMILES string of the molecule is Oc1cccc(ON=Nc2cccc3ccccc23)c1. The van der Waals surface area contributed by atoms with E-state index in [0.717, 1.165) is 16.5 Å². The molecule has 0 bridgehead atoms. The average molecular weight is 264 g/mol. The Morgan fingerprint density at radius 1 is 0.850 bits per heavy atom. The van der Waals surface area contributed by atoms with Gasteiger partial charge in [-0.05, 0) is 23.6 Å². The van der Waals surface area contributed by atoms with Gasteiger partial charge in [-0.2, -0.15) is 0 Å². The van der Waals surface area contributed by atoms with Gasteiger partial charge in [0.25, 0.3) is 0 Å². The van der Waals surface area contributed by atoms with Gasteiger partial charge in [-0.15, -0.1) is 5.11 Å². The van der Waals surface area contributed by atoms with Crippen molar-refractivity contribution in [3.8, 4) is 11.5 Å². The van der Waals surface area contributed by atoms with Crippen LogP contribution in [0.4, 0.5) is 5.69 Å². The third-order valence-corrected chi connectivity index (χ3v) is 2.88. The smallest absolute Gasteiger partial charge is 0.163 e. The van der Waals surface area contributed by atoms with Crippen molar-refractivity contribution >= 4 is 16.5 Å². The van der Waals surface area contributed by atoms with Crippen LogP contribution in [0.1, 0.15) is 0 Å². The lowest BCUT2D eigenvalue weighted by Crippen LogP contribution is -1.80. The lowest BCUT2D eigenvalue weighted by Gasteiger charge is -2.00. The minimum atomic E-state index is 0.128. The lowest BCUT2D eigenvalue weighted by molar-refractivity contribution is 0.311. The molecule has 3 aromatic rings. The molecule has 0 atom stereocenters. The number of phenolic OH excluding ortho intramolecular Hbond substituents is 1. The number of aromatic hydroxyl groups is 1. The van der Waals surface area contributed by atoms with E-state index in [1.165, 1.54) is 6.07 Å². The molecule has 0 saturated heterocycles. The molecule has 0 amide bonds. The second-order valence-corrected chi connectivity index (χ2v) is 4.27. The molecule has 0 aliphatic heterocycles. The molecule has 0 heterocycles. The molecule has 1 N–H and O–H groups in total. The van der Waals surface area contributed by atoms with Gasteiger partial charge in [0.05, 0.1) is 5.69 Å². The topological polar surface area (TPSA) is 54.2 Å². The fourth-order valence-corrected chi connectivity index (χ4v) is 1.95. The van der Waals surface area contributed by atoms with Gasteiger partial charge >= 0.3 is 0 Å². The van der Waals surface area contributed by atoms with E-state index in [2.05, 4.69) is 10.4 Å². The molecule has 98 valence electrons. The fourth-order valence-electron chi connectivity index (χ4n) is 1.95. The van der Waals surface area contributed by atoms with Crippen LogP contribution in [0.15, 0.2) is 77.1 Å². The van der Waals surface area contributed by atoms with E-state index in [9.17, 15) is 5.11 Å². The number of hydrogen-bond donors (Lipinski definition) is 1. The van der Waals surface area contributed by atoms with Crippen LogP contribution in [0.5, 0.6) is 11.5 Å². The van der Waals surface area contributed by atoms with E-state index in [0.29, 0.717) is 5.75 Å². The van der Waals surface area contributed by atoms with Crippen LogP contribution in [0.3, 0.4) is 0 Å². The summed E-state index contributed by atoms with van der Waals surface area (Å²) in [5.41, 5.74) is 0.739. The summed E-state index contributed by atoms with van der Waals surface area (Å²) >= 11 is 0. The van der Waals surface area contributed by atoms with Gasteiger partial charge in [0.15, 0.2) is 5.75 Å². The Bertz CT molecular complexity index is 764. The van der Waals surface area contributed by atoms with Crippen molar-refractivity contribution in [1.29, 1.82) is 0 Å². The van der Waals surface area contributed by atoms with Crippen LogP contribution >= 0.6 is 0 Å². The Balaban J connectivity index is 1.84. The van der Waals surface area contributed by atoms with Gasteiger partial charge in [0.2, 0.25) is 0 Å². The van der Waals surface area contributed by atoms with Crippen molar-refractivity contribution in [2.75, 3.05) is 0 Å². The molecule has 4 heteroatoms. The monoisotopic (exact) mass is 264 g/mol. The number of phenols is 1. The highest BCUT2D eigenvalue weighted by Gasteiger charge is 1.99. The Labute approximate surface area is 115 Å². The predicted molar refractivity (Wildman–Crippen MR) is 77.2 cm³/mol. The second kappa shape index (κ2) is 5.40. The number of nitrogens with zero attached hydrogens (tertiary/aromatic N) is 2. The van der Waals surface area contributed by atoms with E-state index >= 15 is 0 Å². The summed E-state index contributed by atoms with van der Waals surface area (Å²) < 4.78 is 0. The van der Waals surface area contributed by atoms with Crippen LogP contribution < -0.4 is 4.84 Å². The molecule has 3 aromatic carbocycles. The van der Waals surface area contributed by atoms with Gasteiger partial charge in [-0.1, -0.05) is 42.5 Å². The largest absolute Gasteiger partial charge is 0.508 e. The van der Waals surface area contributed by atoms with Crippen LogP contribution in [0, 0.1) is 0 Å². The molecule has 0 unspecified atom stereocenters. The maximum Gasteiger partial charge on any atom is 0.163 e. The fraction of sp³-hybridized carbons (Fsp3) is 0. The van der Waals surface area contributed by atoms with Gasteiger partial charge in [0.1, 0.15) is 5.75 Å². The Morgan fingerprint density at radius 3 is 2.55 bits per heavy atom. The first-order valence-electron chi connectivity index (χ1n) is 6.18. The molecule has 0 aliphatic carbocycles. The zero-order chi connectivity index (χ0) is 13.8. The van der Waals surface area contributed by atoms with Crippen molar-refractivity contribution in [2.24, 2.45) is 10.4 Å². The van der Waals surface area contributed by atoms with Gasteiger partial charge in [-0.3, -0.25) is 0 Å². The van der Waals surface area contributed by atoms with Crippen LogP contribution in [0.2, 0.25) is 0 Å². The number of hydrogen-bond acceptors (Lipinski definition) is 4. The zero-order valence-corrected chi connectivity index (χ0v) is 10.6. The number of rotatable bonds is 3. The second-order valence-electron chi connectivity index (χ2n) is 4.27. The minimum absolute atomic E-state index is 0.128. The van der Waals surface area contributed by atoms with Crippen LogP contribution in [-0.2, 0) is 0 Å². The molecule has 0 aliphatic rings. The summed E-state index contributed by atoms with van der Waals surface area (Å²) in [5.74, 6) is 0.567. The first-order valence-corrected chi connectivity index (χ1v) is 6.18. The molecule has 0 fully saturated rings. The first kappa shape index (κ1) is 12.2. The molecule has 0 spiro atoms. The van der Waals surface area contributed by atoms with Crippen molar-refractivity contribution in [3.05, 3.63) is 66.7 Å². The third kappa shape index (κ3) is 2.59. The zero-order valence-electron chi connectivity index (χ0n) is 10.6. The quantitative estimate of drug-likeness (QED) is 0.554. The summed E-state index contributed by atoms with van der Waals surface area (Å²) in [6.07, 6.45) is 0. The highest BCUT2D eigenvalue weighted by atomic mass is 16.6. The van der Waals surface area contributed by atoms with Crippen molar-refractivity contribution < 1.29 is 9.94 Å². The first-order chi connectivity index (χ1) is 9.83. The van der Waals surface area contributed by atoms with E-state index in [4.69, 9.17) is 4.84 Å². The van der Waals surface area contributed by atoms with Crippen LogP contribution in [0.25, 0.3) is 10.8 Å². The van der Waals surface area contributed by atoms with E-state index < -0.39 is 0 Å². The Kier molecular flexibility index (Phi) is 3.29. The van der Waals surface area contributed by atoms with Gasteiger partial charge < -0.3 is 9.94 Å². The third-order valence-electron chi connectivity index (χ3n) is 2.88. The minimum Gasteiger partial charge on any atom is -0.508 e. The van der Waals surface area contributed by atoms with E-state index in [1.54, 1.807) is 18.2 Å². The summed E-state index contributed by atoms with van der Waals surface area (Å²) in [6.45, 7) is 0. The molecular formula is C16H12N2O2. The summed E-state index contributed by atoms with van der Waals surface area (Å²) in [7, 11) is 0. The maximum absolute atomic E-state index is 9.32. The molecule has 0 aromatic heterocycles. The molecule has 4 nitrogen and oxygen atoms in total. The molecular weight excluding hydrogens is 252 g/mol. The van der Waals surface area contributed by atoms with Crippen LogP contribution in [-0.4, -0.2) is 5.11 Å². The molecule has 0 radical (unpaired) electrons. The Hall–Kier alpha value is -2.88. The normalized spacial score (nSPS) is 11.0. The molecule has 0 saturated carbocycles. The summed E-state index contributed by atoms with van der Waals surface area (Å²) in [5, 5.41) is 19.2. The number of fused-ring (bicyclic) bond motifs is 1. The lowest BCUT2D eigenvalue weighted by atomic mass is 10.1. The van der Waals surface area contributed by atoms with E-state index in [1.807, 2.05) is 42.5 Å². The summed E-state index contributed by atoms with van der Waals surface area (Å²) in [4.78, 5) is 5.14. The summed E-state index contributed by atoms with van der Waals surface area (Å²) in [6, 6.07) is 20.2. The Morgan fingerprint density at radius 2 is 1.65 bits per heavy atom. The van der Waals surface area contributed by atoms with Gasteiger partial charge in [-0.25, -0.2) is 0 Å². The molecule has 3 rings (SSSR count). The van der Waals surface area contributed by atoms with Crippen molar-refractivity contribution in [2.45, 2.75) is 0 Å². The standard InChI is InChI=1S/C16H12N2O2/c19-13-7-4-8-14(11-13)20-18-17-16-10-3-6-12-5-1-2-9-15(12)16/h1-11,19H. The maximum atomic E-state index is 9.32. The number of benzene rings is 3. The molecule has 20 heavy (non-hydrogen) atoms. The predicted octanol–water partition coefficient (Wildman–Crippen LogP) is 4.62. The van der Waals surface area contributed by atoms with Crippen molar-refractivity contribution in [1.82, 2.24) is 0 Å². The van der Waals surface area contributed by atoms with Crippen molar-refractivity contribution in [3.63, 3.8) is 0 Å².